The first-order chi connectivity index (χ1) is 11.9. The van der Waals surface area contributed by atoms with Crippen LogP contribution in [0.25, 0.3) is 0 Å². The van der Waals surface area contributed by atoms with Crippen LogP contribution >= 0.6 is 11.6 Å². The molecule has 9 nitrogen and oxygen atoms in total. The maximum Gasteiger partial charge on any atom is 0.341 e. The van der Waals surface area contributed by atoms with Crippen molar-refractivity contribution in [1.29, 1.82) is 0 Å². The topological polar surface area (TPSA) is 126 Å². The van der Waals surface area contributed by atoms with E-state index in [9.17, 15) is 14.4 Å². The summed E-state index contributed by atoms with van der Waals surface area (Å²) in [5.74, 6) is -2.70. The predicted molar refractivity (Wildman–Crippen MR) is 89.8 cm³/mol. The highest BCUT2D eigenvalue weighted by molar-refractivity contribution is 6.35. The first-order valence-corrected chi connectivity index (χ1v) is 7.56. The number of halogens is 1. The normalized spacial score (nSPS) is 10.5. The molecule has 0 aliphatic heterocycles. The number of methoxy groups -OCH3 is 1. The van der Waals surface area contributed by atoms with E-state index in [2.05, 4.69) is 15.8 Å². The van der Waals surface area contributed by atoms with Gasteiger partial charge in [-0.2, -0.15) is 5.10 Å². The number of benzene rings is 1. The van der Waals surface area contributed by atoms with Gasteiger partial charge in [-0.1, -0.05) is 11.6 Å². The zero-order chi connectivity index (χ0) is 18.7. The van der Waals surface area contributed by atoms with Crippen molar-refractivity contribution in [3.05, 3.63) is 28.8 Å². The molecule has 0 saturated heterocycles. The maximum absolute atomic E-state index is 11.6. The fraction of sp³-hybridized carbons (Fsp3) is 0.333. The third kappa shape index (κ3) is 8.13. The summed E-state index contributed by atoms with van der Waals surface area (Å²) < 4.78 is 9.90. The smallest absolute Gasteiger partial charge is 0.341 e. The number of carboxylic acids is 1. The number of amides is 2. The van der Waals surface area contributed by atoms with Crippen molar-refractivity contribution in [3.8, 4) is 5.75 Å². The van der Waals surface area contributed by atoms with Crippen LogP contribution in [-0.4, -0.2) is 56.0 Å². The zero-order valence-electron chi connectivity index (χ0n) is 13.5. The van der Waals surface area contributed by atoms with E-state index >= 15 is 0 Å². The van der Waals surface area contributed by atoms with Crippen molar-refractivity contribution in [2.45, 2.75) is 6.42 Å². The number of aliphatic carboxylic acids is 1. The van der Waals surface area contributed by atoms with Crippen molar-refractivity contribution >= 4 is 35.6 Å². The Labute approximate surface area is 148 Å². The molecule has 3 N–H and O–H groups in total. The number of carbonyl (C=O) groups excluding carboxylic acids is 2. The van der Waals surface area contributed by atoms with Gasteiger partial charge in [0.25, 0.3) is 0 Å². The predicted octanol–water partition coefficient (Wildman–Crippen LogP) is 0.406. The summed E-state index contributed by atoms with van der Waals surface area (Å²) in [7, 11) is 1.54. The number of carboxylic acid groups (broad SMARTS) is 1. The van der Waals surface area contributed by atoms with Gasteiger partial charge in [-0.25, -0.2) is 10.2 Å². The highest BCUT2D eigenvalue weighted by atomic mass is 35.5. The largest absolute Gasteiger partial charge is 0.481 e. The van der Waals surface area contributed by atoms with Crippen LogP contribution in [-0.2, 0) is 19.1 Å². The minimum atomic E-state index is -1.14. The molecule has 0 radical (unpaired) electrons. The van der Waals surface area contributed by atoms with Crippen molar-refractivity contribution in [2.24, 2.45) is 5.10 Å². The molecule has 0 unspecified atom stereocenters. The van der Waals surface area contributed by atoms with E-state index in [0.717, 1.165) is 0 Å². The summed E-state index contributed by atoms with van der Waals surface area (Å²) in [5, 5.41) is 15.1. The third-order valence-corrected chi connectivity index (χ3v) is 2.94. The quantitative estimate of drug-likeness (QED) is 0.250. The number of ether oxygens (including phenoxy) is 2. The van der Waals surface area contributed by atoms with Gasteiger partial charge in [0, 0.05) is 30.8 Å². The van der Waals surface area contributed by atoms with E-state index in [0.29, 0.717) is 30.2 Å². The Hall–Kier alpha value is -2.65. The maximum atomic E-state index is 11.6. The lowest BCUT2D eigenvalue weighted by Crippen LogP contribution is -2.38. The second kappa shape index (κ2) is 11.0. The standard InChI is InChI=1S/C15H18ClN3O6/c1-24-6-2-5-17-14(22)15(23)19-18-8-10-7-11(16)3-4-12(10)25-9-13(20)21/h3-4,7-8H,2,5-6,9H2,1H3,(H,17,22)(H,19,23)(H,20,21)/b18-8-. The van der Waals surface area contributed by atoms with Crippen LogP contribution < -0.4 is 15.5 Å². The molecule has 0 aromatic heterocycles. The van der Waals surface area contributed by atoms with Gasteiger partial charge < -0.3 is 19.9 Å². The second-order valence-corrected chi connectivity index (χ2v) is 5.10. The van der Waals surface area contributed by atoms with E-state index < -0.39 is 24.4 Å². The van der Waals surface area contributed by atoms with E-state index in [1.165, 1.54) is 31.5 Å². The molecule has 0 heterocycles. The van der Waals surface area contributed by atoms with E-state index in [-0.39, 0.29) is 5.75 Å². The molecule has 1 aromatic rings. The molecule has 10 heteroatoms. The minimum Gasteiger partial charge on any atom is -0.481 e. The van der Waals surface area contributed by atoms with Crippen molar-refractivity contribution < 1.29 is 29.0 Å². The van der Waals surface area contributed by atoms with Gasteiger partial charge in [0.15, 0.2) is 6.61 Å². The lowest BCUT2D eigenvalue weighted by atomic mass is 10.2. The summed E-state index contributed by atoms with van der Waals surface area (Å²) in [6, 6.07) is 4.46. The van der Waals surface area contributed by atoms with Crippen LogP contribution in [0.3, 0.4) is 0 Å². The van der Waals surface area contributed by atoms with Crippen molar-refractivity contribution in [1.82, 2.24) is 10.7 Å². The van der Waals surface area contributed by atoms with E-state index in [1.807, 2.05) is 0 Å². The van der Waals surface area contributed by atoms with Gasteiger partial charge in [0.05, 0.1) is 6.21 Å². The van der Waals surface area contributed by atoms with Crippen LogP contribution in [0.1, 0.15) is 12.0 Å². The molecule has 1 rings (SSSR count). The first-order valence-electron chi connectivity index (χ1n) is 7.18. The number of rotatable bonds is 9. The van der Waals surface area contributed by atoms with Crippen LogP contribution in [0.5, 0.6) is 5.75 Å². The second-order valence-electron chi connectivity index (χ2n) is 4.67. The van der Waals surface area contributed by atoms with Gasteiger partial charge in [0.1, 0.15) is 5.75 Å². The molecule has 0 aliphatic carbocycles. The summed E-state index contributed by atoms with van der Waals surface area (Å²) in [5.41, 5.74) is 2.40. The monoisotopic (exact) mass is 371 g/mol. The van der Waals surface area contributed by atoms with E-state index in [4.69, 9.17) is 26.2 Å². The molecule has 25 heavy (non-hydrogen) atoms. The average Bonchev–Trinajstić information content (AvgIpc) is 2.57. The fourth-order valence-corrected chi connectivity index (χ4v) is 1.78. The Morgan fingerprint density at radius 3 is 2.76 bits per heavy atom. The van der Waals surface area contributed by atoms with Crippen LogP contribution in [0.15, 0.2) is 23.3 Å². The Morgan fingerprint density at radius 1 is 1.32 bits per heavy atom. The minimum absolute atomic E-state index is 0.216. The summed E-state index contributed by atoms with van der Waals surface area (Å²) in [4.78, 5) is 33.6. The van der Waals surface area contributed by atoms with Crippen molar-refractivity contribution in [2.75, 3.05) is 26.9 Å². The Kier molecular flexibility index (Phi) is 8.97. The lowest BCUT2D eigenvalue weighted by molar-refractivity contribution is -0.139. The summed E-state index contributed by atoms with van der Waals surface area (Å²) >= 11 is 5.86. The molecule has 0 aliphatic rings. The number of nitrogens with zero attached hydrogens (tertiary/aromatic N) is 1. The Balaban J connectivity index is 2.59. The molecule has 1 aromatic carbocycles. The average molecular weight is 372 g/mol. The number of hydrogen-bond donors (Lipinski definition) is 3. The van der Waals surface area contributed by atoms with Gasteiger partial charge in [-0.3, -0.25) is 9.59 Å². The molecule has 0 saturated carbocycles. The van der Waals surface area contributed by atoms with Gasteiger partial charge in [-0.05, 0) is 24.6 Å². The number of hydrazone groups is 1. The number of carbonyl (C=O) groups is 3. The third-order valence-electron chi connectivity index (χ3n) is 2.71. The molecule has 0 spiro atoms. The SMILES string of the molecule is COCCCNC(=O)C(=O)N/N=C\c1cc(Cl)ccc1OCC(=O)O. The first kappa shape index (κ1) is 20.4. The molecule has 0 atom stereocenters. The molecule has 0 bridgehead atoms. The molecular formula is C15H18ClN3O6. The van der Waals surface area contributed by atoms with Crippen LogP contribution in [0.2, 0.25) is 5.02 Å². The van der Waals surface area contributed by atoms with Gasteiger partial charge in [0.2, 0.25) is 0 Å². The zero-order valence-corrected chi connectivity index (χ0v) is 14.2. The highest BCUT2D eigenvalue weighted by Gasteiger charge is 2.11. The Bertz CT molecular complexity index is 650. The van der Waals surface area contributed by atoms with E-state index in [1.54, 1.807) is 0 Å². The fourth-order valence-electron chi connectivity index (χ4n) is 1.60. The number of hydrogen-bond acceptors (Lipinski definition) is 6. The molecule has 0 fully saturated rings. The van der Waals surface area contributed by atoms with Crippen LogP contribution in [0.4, 0.5) is 0 Å². The van der Waals surface area contributed by atoms with Gasteiger partial charge >= 0.3 is 17.8 Å². The summed E-state index contributed by atoms with van der Waals surface area (Å²) in [6.07, 6.45) is 1.77. The highest BCUT2D eigenvalue weighted by Crippen LogP contribution is 2.21. The molecule has 2 amide bonds. The summed E-state index contributed by atoms with van der Waals surface area (Å²) in [6.45, 7) is 0.220. The van der Waals surface area contributed by atoms with Gasteiger partial charge in [-0.15, -0.1) is 0 Å². The molecule has 136 valence electrons. The Morgan fingerprint density at radius 2 is 2.08 bits per heavy atom. The molecular weight excluding hydrogens is 354 g/mol. The van der Waals surface area contributed by atoms with Crippen molar-refractivity contribution in [3.63, 3.8) is 0 Å². The van der Waals surface area contributed by atoms with Crippen LogP contribution in [0, 0.1) is 0 Å². The number of nitrogens with one attached hydrogen (secondary N) is 2. The lowest BCUT2D eigenvalue weighted by Gasteiger charge is -2.07.